The van der Waals surface area contributed by atoms with E-state index in [0.717, 1.165) is 22.7 Å². The summed E-state index contributed by atoms with van der Waals surface area (Å²) in [6.07, 6.45) is -2.76. The van der Waals surface area contributed by atoms with Gasteiger partial charge in [0.25, 0.3) is 0 Å². The Morgan fingerprint density at radius 1 is 1.12 bits per heavy atom. The molecule has 1 aliphatic rings. The first-order chi connectivity index (χ1) is 15.7. The number of hydrogen-bond donors (Lipinski definition) is 1. The molecule has 0 bridgehead atoms. The summed E-state index contributed by atoms with van der Waals surface area (Å²) in [5, 5.41) is 15.9. The molecule has 0 radical (unpaired) electrons. The average Bonchev–Trinajstić information content (AvgIpc) is 3.38. The van der Waals surface area contributed by atoms with Gasteiger partial charge in [-0.25, -0.2) is 9.67 Å². The summed E-state index contributed by atoms with van der Waals surface area (Å²) >= 11 is 1.67. The second-order valence-electron chi connectivity index (χ2n) is 8.04. The first kappa shape index (κ1) is 21.8. The molecule has 170 valence electrons. The van der Waals surface area contributed by atoms with Crippen molar-refractivity contribution >= 4 is 22.7 Å². The number of ether oxygens (including phenoxy) is 1. The fourth-order valence-electron chi connectivity index (χ4n) is 3.91. The van der Waals surface area contributed by atoms with Gasteiger partial charge in [-0.2, -0.15) is 18.3 Å². The van der Waals surface area contributed by atoms with Crippen LogP contribution in [0.4, 0.5) is 13.2 Å². The molecule has 0 saturated carbocycles. The maximum absolute atomic E-state index is 14.1. The molecule has 9 heteroatoms. The number of alkyl halides is 3. The van der Waals surface area contributed by atoms with Gasteiger partial charge >= 0.3 is 6.18 Å². The van der Waals surface area contributed by atoms with E-state index in [1.807, 2.05) is 30.3 Å². The van der Waals surface area contributed by atoms with Gasteiger partial charge in [0.1, 0.15) is 6.61 Å². The topological polar surface area (TPSA) is 60.2 Å². The number of rotatable bonds is 5. The Balaban J connectivity index is 1.45. The zero-order chi connectivity index (χ0) is 23.2. The van der Waals surface area contributed by atoms with E-state index in [4.69, 9.17) is 4.74 Å². The standard InChI is InChI=1S/C24H20F3N3O2S/c1-15-11-19-21(33-15)9-10-22(29-19)32-14-23(31,24(25,26)27)17-7-8-20-16(12-17)13-28-30(20)18-5-3-2-4-6-18/h2-10,12-13,15,31H,11,14H2,1H3. The van der Waals surface area contributed by atoms with Crippen LogP contribution in [0.5, 0.6) is 5.88 Å². The summed E-state index contributed by atoms with van der Waals surface area (Å²) in [6.45, 7) is 1.05. The van der Waals surface area contributed by atoms with E-state index < -0.39 is 18.4 Å². The largest absolute Gasteiger partial charge is 0.474 e. The van der Waals surface area contributed by atoms with Crippen molar-refractivity contribution in [2.45, 2.75) is 35.3 Å². The summed E-state index contributed by atoms with van der Waals surface area (Å²) in [4.78, 5) is 5.34. The molecule has 0 aliphatic carbocycles. The van der Waals surface area contributed by atoms with Gasteiger partial charge in [-0.3, -0.25) is 0 Å². The van der Waals surface area contributed by atoms with Crippen molar-refractivity contribution in [1.29, 1.82) is 0 Å². The van der Waals surface area contributed by atoms with Gasteiger partial charge in [0.2, 0.25) is 11.5 Å². The molecular weight excluding hydrogens is 451 g/mol. The molecule has 0 amide bonds. The summed E-state index contributed by atoms with van der Waals surface area (Å²) in [6, 6.07) is 16.7. The van der Waals surface area contributed by atoms with Crippen LogP contribution in [-0.4, -0.2) is 37.9 Å². The van der Waals surface area contributed by atoms with Crippen LogP contribution in [0.1, 0.15) is 18.2 Å². The second kappa shape index (κ2) is 8.07. The van der Waals surface area contributed by atoms with Gasteiger partial charge in [0.05, 0.1) is 23.1 Å². The first-order valence-electron chi connectivity index (χ1n) is 10.4. The number of aromatic nitrogens is 3. The van der Waals surface area contributed by atoms with Crippen molar-refractivity contribution in [3.8, 4) is 11.6 Å². The van der Waals surface area contributed by atoms with E-state index in [2.05, 4.69) is 17.0 Å². The van der Waals surface area contributed by atoms with Crippen LogP contribution in [0.3, 0.4) is 0 Å². The van der Waals surface area contributed by atoms with Crippen molar-refractivity contribution < 1.29 is 23.0 Å². The van der Waals surface area contributed by atoms with Crippen LogP contribution in [0, 0.1) is 0 Å². The average molecular weight is 472 g/mol. The van der Waals surface area contributed by atoms with E-state index >= 15 is 0 Å². The molecule has 0 fully saturated rings. The van der Waals surface area contributed by atoms with Gasteiger partial charge in [-0.05, 0) is 35.9 Å². The van der Waals surface area contributed by atoms with Crippen LogP contribution >= 0.6 is 11.8 Å². The first-order valence-corrected chi connectivity index (χ1v) is 11.2. The number of nitrogens with zero attached hydrogens (tertiary/aromatic N) is 3. The van der Waals surface area contributed by atoms with Crippen LogP contribution < -0.4 is 4.74 Å². The number of benzene rings is 2. The number of para-hydroxylation sites is 1. The van der Waals surface area contributed by atoms with Crippen LogP contribution in [-0.2, 0) is 12.0 Å². The van der Waals surface area contributed by atoms with Gasteiger partial charge in [0, 0.05) is 28.0 Å². The van der Waals surface area contributed by atoms with Crippen LogP contribution in [0.25, 0.3) is 16.6 Å². The lowest BCUT2D eigenvalue weighted by Gasteiger charge is -2.30. The summed E-state index contributed by atoms with van der Waals surface area (Å²) in [7, 11) is 0. The molecule has 33 heavy (non-hydrogen) atoms. The molecule has 1 N–H and O–H groups in total. The highest BCUT2D eigenvalue weighted by molar-refractivity contribution is 8.00. The smallest absolute Gasteiger partial charge is 0.424 e. The normalized spacial score (nSPS) is 17.7. The zero-order valence-corrected chi connectivity index (χ0v) is 18.4. The predicted molar refractivity (Wildman–Crippen MR) is 120 cm³/mol. The Bertz CT molecular complexity index is 1310. The van der Waals surface area contributed by atoms with Crippen molar-refractivity contribution in [3.63, 3.8) is 0 Å². The molecule has 5 rings (SSSR count). The predicted octanol–water partition coefficient (Wildman–Crippen LogP) is 5.29. The van der Waals surface area contributed by atoms with Crippen molar-refractivity contribution in [1.82, 2.24) is 14.8 Å². The quantitative estimate of drug-likeness (QED) is 0.429. The van der Waals surface area contributed by atoms with E-state index in [1.165, 1.54) is 30.5 Å². The molecule has 0 saturated heterocycles. The minimum absolute atomic E-state index is 0.0594. The van der Waals surface area contributed by atoms with Gasteiger partial charge in [0.15, 0.2) is 0 Å². The van der Waals surface area contributed by atoms with Gasteiger partial charge in [-0.1, -0.05) is 31.2 Å². The van der Waals surface area contributed by atoms with Crippen LogP contribution in [0.15, 0.2) is 71.8 Å². The third kappa shape index (κ3) is 3.95. The Morgan fingerprint density at radius 3 is 2.67 bits per heavy atom. The fourth-order valence-corrected chi connectivity index (χ4v) is 4.99. The summed E-state index contributed by atoms with van der Waals surface area (Å²) in [5.74, 6) is 0.0594. The SMILES string of the molecule is CC1Cc2nc(OCC(O)(c3ccc4c(cnn4-c4ccccc4)c3)C(F)(F)F)ccc2S1. The minimum Gasteiger partial charge on any atom is -0.474 e. The second-order valence-corrected chi connectivity index (χ2v) is 9.52. The molecule has 1 aliphatic heterocycles. The Morgan fingerprint density at radius 2 is 1.91 bits per heavy atom. The molecular formula is C24H20F3N3O2S. The van der Waals surface area contributed by atoms with Crippen molar-refractivity contribution in [2.75, 3.05) is 6.61 Å². The van der Waals surface area contributed by atoms with Crippen molar-refractivity contribution in [2.24, 2.45) is 0 Å². The lowest BCUT2D eigenvalue weighted by Crippen LogP contribution is -2.47. The summed E-state index contributed by atoms with van der Waals surface area (Å²) < 4.78 is 49.2. The molecule has 2 aromatic heterocycles. The lowest BCUT2D eigenvalue weighted by atomic mass is 9.93. The molecule has 0 spiro atoms. The Labute approximate surface area is 192 Å². The Hall–Kier alpha value is -3.04. The van der Waals surface area contributed by atoms with E-state index in [-0.39, 0.29) is 11.4 Å². The maximum Gasteiger partial charge on any atom is 0.424 e. The molecule has 5 nitrogen and oxygen atoms in total. The Kier molecular flexibility index (Phi) is 5.33. The van der Waals surface area contributed by atoms with Gasteiger partial charge < -0.3 is 9.84 Å². The molecule has 2 atom stereocenters. The number of pyridine rings is 1. The highest BCUT2D eigenvalue weighted by Crippen LogP contribution is 2.41. The number of thioether (sulfide) groups is 1. The van der Waals surface area contributed by atoms with E-state index in [1.54, 1.807) is 22.5 Å². The molecule has 2 unspecified atom stereocenters. The van der Waals surface area contributed by atoms with Crippen molar-refractivity contribution in [3.05, 3.63) is 78.1 Å². The van der Waals surface area contributed by atoms with Gasteiger partial charge in [-0.15, -0.1) is 11.8 Å². The highest BCUT2D eigenvalue weighted by Gasteiger charge is 2.56. The monoisotopic (exact) mass is 471 g/mol. The van der Waals surface area contributed by atoms with E-state index in [0.29, 0.717) is 16.2 Å². The highest BCUT2D eigenvalue weighted by atomic mass is 32.2. The molecule has 4 aromatic rings. The molecule has 2 aromatic carbocycles. The maximum atomic E-state index is 14.1. The fraction of sp³-hybridized carbons (Fsp3) is 0.250. The number of hydrogen-bond acceptors (Lipinski definition) is 5. The zero-order valence-electron chi connectivity index (χ0n) is 17.6. The number of halogens is 3. The van der Waals surface area contributed by atoms with E-state index in [9.17, 15) is 18.3 Å². The number of aliphatic hydroxyl groups is 1. The lowest BCUT2D eigenvalue weighted by molar-refractivity contribution is -0.275. The third-order valence-corrected chi connectivity index (χ3v) is 6.85. The van der Waals surface area contributed by atoms with Crippen LogP contribution in [0.2, 0.25) is 0 Å². The molecule has 3 heterocycles. The minimum atomic E-state index is -4.96. The summed E-state index contributed by atoms with van der Waals surface area (Å²) in [5.41, 5.74) is -1.32. The third-order valence-electron chi connectivity index (χ3n) is 5.66. The number of fused-ring (bicyclic) bond motifs is 2.